The van der Waals surface area contributed by atoms with Gasteiger partial charge in [-0.25, -0.2) is 5.43 Å². The maximum atomic E-state index is 12.0. The Bertz CT molecular complexity index is 911. The number of nitrogens with one attached hydrogen (secondary N) is 1. The summed E-state index contributed by atoms with van der Waals surface area (Å²) in [6.45, 7) is 8.07. The second kappa shape index (κ2) is 10.6. The van der Waals surface area contributed by atoms with E-state index in [9.17, 15) is 9.59 Å². The molecular weight excluding hydrogens is 394 g/mol. The number of hydrogen-bond donors (Lipinski definition) is 1. The van der Waals surface area contributed by atoms with Gasteiger partial charge in [0.05, 0.1) is 5.71 Å². The first kappa shape index (κ1) is 23.9. The van der Waals surface area contributed by atoms with Crippen LogP contribution in [0.3, 0.4) is 0 Å². The Morgan fingerprint density at radius 1 is 0.903 bits per heavy atom. The molecule has 0 aliphatic rings. The van der Waals surface area contributed by atoms with Crippen LogP contribution in [0.4, 0.5) is 0 Å². The van der Waals surface area contributed by atoms with E-state index in [1.807, 2.05) is 36.4 Å². The molecule has 31 heavy (non-hydrogen) atoms. The van der Waals surface area contributed by atoms with Crippen LogP contribution in [0, 0.1) is 0 Å². The minimum atomic E-state index is -0.346. The van der Waals surface area contributed by atoms with Gasteiger partial charge in [0.15, 0.2) is 13.2 Å². The predicted molar refractivity (Wildman–Crippen MR) is 122 cm³/mol. The lowest BCUT2D eigenvalue weighted by Crippen LogP contribution is -2.27. The van der Waals surface area contributed by atoms with Crippen molar-refractivity contribution in [2.45, 2.75) is 33.1 Å². The first-order valence-corrected chi connectivity index (χ1v) is 10.1. The molecule has 0 aliphatic carbocycles. The zero-order valence-corrected chi connectivity index (χ0v) is 19.1. The molecule has 1 N–H and O–H groups in total. The first-order valence-electron chi connectivity index (χ1n) is 10.1. The van der Waals surface area contributed by atoms with E-state index in [2.05, 4.69) is 31.3 Å². The van der Waals surface area contributed by atoms with Gasteiger partial charge in [-0.2, -0.15) is 5.10 Å². The summed E-state index contributed by atoms with van der Waals surface area (Å²) in [6.07, 6.45) is 0. The molecule has 0 fully saturated rings. The summed E-state index contributed by atoms with van der Waals surface area (Å²) < 4.78 is 11.0. The third-order valence-corrected chi connectivity index (χ3v) is 4.57. The molecule has 2 aromatic rings. The molecule has 0 heterocycles. The number of rotatable bonds is 8. The van der Waals surface area contributed by atoms with Gasteiger partial charge in [0.1, 0.15) is 11.5 Å². The quantitative estimate of drug-likeness (QED) is 0.519. The number of carbonyl (C=O) groups is 2. The SMILES string of the molecule is C/C(=N/NC(=O)COc1ccc(C(C)(C)C)cc1)c1ccc(OCC(=O)N(C)C)cc1. The third-order valence-electron chi connectivity index (χ3n) is 4.57. The summed E-state index contributed by atoms with van der Waals surface area (Å²) in [5, 5.41) is 4.12. The highest BCUT2D eigenvalue weighted by molar-refractivity contribution is 5.99. The van der Waals surface area contributed by atoms with Crippen LogP contribution in [-0.4, -0.2) is 49.7 Å². The Hall–Kier alpha value is -3.35. The number of carbonyl (C=O) groups excluding carboxylic acids is 2. The normalized spacial score (nSPS) is 11.6. The fourth-order valence-electron chi connectivity index (χ4n) is 2.51. The minimum Gasteiger partial charge on any atom is -0.484 e. The van der Waals surface area contributed by atoms with E-state index in [0.717, 1.165) is 5.56 Å². The minimum absolute atomic E-state index is 0.0194. The lowest BCUT2D eigenvalue weighted by molar-refractivity contribution is -0.130. The summed E-state index contributed by atoms with van der Waals surface area (Å²) >= 11 is 0. The van der Waals surface area contributed by atoms with Crippen molar-refractivity contribution in [3.8, 4) is 11.5 Å². The van der Waals surface area contributed by atoms with Crippen molar-refractivity contribution in [2.24, 2.45) is 5.10 Å². The molecule has 0 aliphatic heterocycles. The van der Waals surface area contributed by atoms with Crippen molar-refractivity contribution in [2.75, 3.05) is 27.3 Å². The Kier molecular flexibility index (Phi) is 8.19. The number of benzene rings is 2. The molecule has 166 valence electrons. The molecular formula is C24H31N3O4. The third kappa shape index (κ3) is 7.77. The van der Waals surface area contributed by atoms with E-state index < -0.39 is 0 Å². The monoisotopic (exact) mass is 425 g/mol. The number of hydrogen-bond acceptors (Lipinski definition) is 5. The van der Waals surface area contributed by atoms with Crippen molar-refractivity contribution in [3.05, 3.63) is 59.7 Å². The van der Waals surface area contributed by atoms with Crippen LogP contribution in [0.5, 0.6) is 11.5 Å². The van der Waals surface area contributed by atoms with Gasteiger partial charge >= 0.3 is 0 Å². The fraction of sp³-hybridized carbons (Fsp3) is 0.375. The topological polar surface area (TPSA) is 80.2 Å². The standard InChI is InChI=1S/C24H31N3O4/c1-17(18-7-11-20(12-8-18)31-16-23(29)27(5)6)25-26-22(28)15-30-21-13-9-19(10-14-21)24(2,3)4/h7-14H,15-16H2,1-6H3,(H,26,28)/b25-17-. The highest BCUT2D eigenvalue weighted by atomic mass is 16.5. The first-order chi connectivity index (χ1) is 14.6. The smallest absolute Gasteiger partial charge is 0.277 e. The fourth-order valence-corrected chi connectivity index (χ4v) is 2.51. The Morgan fingerprint density at radius 2 is 1.42 bits per heavy atom. The Labute approximate surface area is 184 Å². The van der Waals surface area contributed by atoms with Gasteiger partial charge in [0.25, 0.3) is 11.8 Å². The van der Waals surface area contributed by atoms with Gasteiger partial charge in [-0.3, -0.25) is 9.59 Å². The Balaban J connectivity index is 1.83. The molecule has 0 radical (unpaired) electrons. The number of ether oxygens (including phenoxy) is 2. The highest BCUT2D eigenvalue weighted by Crippen LogP contribution is 2.24. The Morgan fingerprint density at radius 3 is 1.94 bits per heavy atom. The van der Waals surface area contributed by atoms with Gasteiger partial charge in [-0.15, -0.1) is 0 Å². The molecule has 0 bridgehead atoms. The molecule has 0 atom stereocenters. The number of nitrogens with zero attached hydrogens (tertiary/aromatic N) is 2. The zero-order valence-electron chi connectivity index (χ0n) is 19.1. The molecule has 7 heteroatoms. The molecule has 0 unspecified atom stereocenters. The lowest BCUT2D eigenvalue weighted by atomic mass is 9.87. The summed E-state index contributed by atoms with van der Waals surface area (Å²) in [5.41, 5.74) is 5.22. The van der Waals surface area contributed by atoms with Crippen molar-refractivity contribution >= 4 is 17.5 Å². The average Bonchev–Trinajstić information content (AvgIpc) is 2.74. The summed E-state index contributed by atoms with van der Waals surface area (Å²) in [5.74, 6) is 0.757. The number of likely N-dealkylation sites (N-methyl/N-ethyl adjacent to an activating group) is 1. The molecule has 0 spiro atoms. The average molecular weight is 426 g/mol. The van der Waals surface area contributed by atoms with Crippen molar-refractivity contribution in [3.63, 3.8) is 0 Å². The molecule has 2 amide bonds. The van der Waals surface area contributed by atoms with Crippen LogP contribution in [-0.2, 0) is 15.0 Å². The molecule has 0 saturated heterocycles. The van der Waals surface area contributed by atoms with Crippen molar-refractivity contribution < 1.29 is 19.1 Å². The summed E-state index contributed by atoms with van der Waals surface area (Å²) in [7, 11) is 3.35. The summed E-state index contributed by atoms with van der Waals surface area (Å²) in [4.78, 5) is 25.1. The second-order valence-electron chi connectivity index (χ2n) is 8.40. The second-order valence-corrected chi connectivity index (χ2v) is 8.40. The lowest BCUT2D eigenvalue weighted by Gasteiger charge is -2.19. The van der Waals surface area contributed by atoms with E-state index in [0.29, 0.717) is 17.2 Å². The molecule has 2 aromatic carbocycles. The van der Waals surface area contributed by atoms with Gasteiger partial charge in [0, 0.05) is 14.1 Å². The maximum absolute atomic E-state index is 12.0. The van der Waals surface area contributed by atoms with Gasteiger partial charge < -0.3 is 14.4 Å². The highest BCUT2D eigenvalue weighted by Gasteiger charge is 2.13. The van der Waals surface area contributed by atoms with Crippen molar-refractivity contribution in [1.29, 1.82) is 0 Å². The molecule has 0 saturated carbocycles. The van der Waals surface area contributed by atoms with Gasteiger partial charge in [0.2, 0.25) is 0 Å². The molecule has 0 aromatic heterocycles. The van der Waals surface area contributed by atoms with Crippen LogP contribution in [0.15, 0.2) is 53.6 Å². The van der Waals surface area contributed by atoms with Crippen LogP contribution in [0.1, 0.15) is 38.8 Å². The van der Waals surface area contributed by atoms with E-state index in [4.69, 9.17) is 9.47 Å². The van der Waals surface area contributed by atoms with Crippen LogP contribution in [0.25, 0.3) is 0 Å². The number of amides is 2. The van der Waals surface area contributed by atoms with Gasteiger partial charge in [-0.1, -0.05) is 32.9 Å². The molecule has 2 rings (SSSR count). The largest absolute Gasteiger partial charge is 0.484 e. The van der Waals surface area contributed by atoms with E-state index in [1.165, 1.54) is 10.5 Å². The maximum Gasteiger partial charge on any atom is 0.277 e. The van der Waals surface area contributed by atoms with Crippen LogP contribution < -0.4 is 14.9 Å². The van der Waals surface area contributed by atoms with Gasteiger partial charge in [-0.05, 0) is 59.9 Å². The van der Waals surface area contributed by atoms with Crippen LogP contribution in [0.2, 0.25) is 0 Å². The van der Waals surface area contributed by atoms with E-state index in [1.54, 1.807) is 33.2 Å². The predicted octanol–water partition coefficient (Wildman–Crippen LogP) is 3.37. The van der Waals surface area contributed by atoms with Crippen molar-refractivity contribution in [1.82, 2.24) is 10.3 Å². The van der Waals surface area contributed by atoms with E-state index in [-0.39, 0.29) is 30.4 Å². The zero-order chi connectivity index (χ0) is 23.0. The number of hydrazone groups is 1. The summed E-state index contributed by atoms with van der Waals surface area (Å²) in [6, 6.07) is 14.9. The van der Waals surface area contributed by atoms with Crippen LogP contribution >= 0.6 is 0 Å². The van der Waals surface area contributed by atoms with E-state index >= 15 is 0 Å². The molecule has 7 nitrogen and oxygen atoms in total.